The Morgan fingerprint density at radius 1 is 0.465 bits per heavy atom. The molecule has 1 aromatic carbocycles. The number of H-pyrrole nitrogens is 1. The van der Waals surface area contributed by atoms with Crippen LogP contribution in [0.2, 0.25) is 0 Å². The SMILES string of the molecule is Fc1c(F)c(F)c(-n2c3cc4nc(cc5[nH]c(cc6nc(cc2c(Br)c3Br)C(Br)=C6Br)c(Br)c5Br)C(Br)=C4Br)c(F)c1F. The maximum atomic E-state index is 15.4. The highest BCUT2D eigenvalue weighted by Gasteiger charge is 2.30. The molecule has 5 heterocycles. The third-order valence-corrected chi connectivity index (χ3v) is 14.9. The zero-order chi connectivity index (χ0) is 31.2. The topological polar surface area (TPSA) is 46.5 Å². The number of aromatic amines is 1. The Balaban J connectivity index is 1.91. The first kappa shape index (κ1) is 32.3. The van der Waals surface area contributed by atoms with Gasteiger partial charge in [-0.2, -0.15) is 0 Å². The molecule has 1 N–H and O–H groups in total. The van der Waals surface area contributed by atoms with Crippen LogP contribution in [-0.4, -0.2) is 19.5 Å². The largest absolute Gasteiger partial charge is 0.353 e. The molecule has 8 bridgehead atoms. The minimum Gasteiger partial charge on any atom is -0.353 e. The van der Waals surface area contributed by atoms with Crippen molar-refractivity contribution in [2.24, 2.45) is 0 Å². The van der Waals surface area contributed by atoms with Crippen LogP contribution in [0.5, 0.6) is 0 Å². The minimum atomic E-state index is -2.27. The molecule has 2 aliphatic rings. The van der Waals surface area contributed by atoms with Crippen molar-refractivity contribution >= 4 is 167 Å². The summed E-state index contributed by atoms with van der Waals surface area (Å²) in [5.41, 5.74) is 1.70. The molecule has 0 amide bonds. The van der Waals surface area contributed by atoms with Crippen LogP contribution in [0.25, 0.3) is 45.7 Å². The molecule has 0 saturated carbocycles. The van der Waals surface area contributed by atoms with Gasteiger partial charge in [-0.05, 0) is 152 Å². The van der Waals surface area contributed by atoms with Crippen LogP contribution < -0.4 is 0 Å². The van der Waals surface area contributed by atoms with Crippen LogP contribution in [0, 0.1) is 29.1 Å². The van der Waals surface area contributed by atoms with Gasteiger partial charge in [0, 0.05) is 0 Å². The Kier molecular flexibility index (Phi) is 8.88. The molecule has 0 fully saturated rings. The number of benzene rings is 1. The number of rotatable bonds is 1. The highest BCUT2D eigenvalue weighted by Crippen LogP contribution is 2.45. The number of fused-ring (bicyclic) bond motifs is 8. The third-order valence-electron chi connectivity index (χ3n) is 6.35. The van der Waals surface area contributed by atoms with E-state index < -0.39 is 34.8 Å². The normalized spacial score (nSPS) is 13.5. The number of hydrogen-bond acceptors (Lipinski definition) is 2. The van der Waals surface area contributed by atoms with E-state index in [9.17, 15) is 13.2 Å². The molecule has 0 atom stereocenters. The van der Waals surface area contributed by atoms with E-state index in [0.717, 1.165) is 4.57 Å². The van der Waals surface area contributed by atoms with Crippen molar-refractivity contribution in [1.29, 1.82) is 0 Å². The average Bonchev–Trinajstić information content (AvgIpc) is 3.58. The van der Waals surface area contributed by atoms with Gasteiger partial charge in [0.15, 0.2) is 23.3 Å². The van der Waals surface area contributed by atoms with Gasteiger partial charge in [-0.1, -0.05) is 0 Å². The quantitative estimate of drug-likeness (QED) is 0.117. The Morgan fingerprint density at radius 3 is 1.16 bits per heavy atom. The van der Waals surface area contributed by atoms with Crippen molar-refractivity contribution in [1.82, 2.24) is 19.5 Å². The van der Waals surface area contributed by atoms with Gasteiger partial charge in [-0.15, -0.1) is 0 Å². The molecule has 220 valence electrons. The molecule has 0 aliphatic carbocycles. The van der Waals surface area contributed by atoms with Gasteiger partial charge in [0.1, 0.15) is 5.69 Å². The lowest BCUT2D eigenvalue weighted by molar-refractivity contribution is 0.376. The molecular formula is C26H5Br8F5N4. The number of nitrogens with one attached hydrogen (secondary N) is 1. The van der Waals surface area contributed by atoms with Gasteiger partial charge in [-0.25, -0.2) is 31.9 Å². The lowest BCUT2D eigenvalue weighted by atomic mass is 10.2. The number of halogens is 13. The monoisotopic (exact) mass is 1100 g/mol. The number of nitrogens with zero attached hydrogens (tertiary/aromatic N) is 3. The summed E-state index contributed by atoms with van der Waals surface area (Å²) >= 11 is 28.1. The zero-order valence-corrected chi connectivity index (χ0v) is 32.8. The molecule has 43 heavy (non-hydrogen) atoms. The average molecular weight is 1110 g/mol. The predicted molar refractivity (Wildman–Crippen MR) is 186 cm³/mol. The van der Waals surface area contributed by atoms with E-state index in [1.54, 1.807) is 12.1 Å². The maximum absolute atomic E-state index is 15.4. The molecule has 6 rings (SSSR count). The Morgan fingerprint density at radius 2 is 0.791 bits per heavy atom. The van der Waals surface area contributed by atoms with Crippen LogP contribution in [0.1, 0.15) is 22.8 Å². The Hall–Kier alpha value is -0.690. The van der Waals surface area contributed by atoms with Crippen molar-refractivity contribution in [3.8, 4) is 5.69 Å². The summed E-state index contributed by atoms with van der Waals surface area (Å²) in [4.78, 5) is 12.6. The highest BCUT2D eigenvalue weighted by atomic mass is 79.9. The van der Waals surface area contributed by atoms with E-state index in [1.807, 2.05) is 0 Å². The molecule has 3 aromatic heterocycles. The summed E-state index contributed by atoms with van der Waals surface area (Å²) in [6, 6.07) is 6.39. The first-order valence-electron chi connectivity index (χ1n) is 11.3. The second-order valence-electron chi connectivity index (χ2n) is 8.83. The van der Waals surface area contributed by atoms with Gasteiger partial charge in [0.25, 0.3) is 0 Å². The van der Waals surface area contributed by atoms with Crippen molar-refractivity contribution < 1.29 is 22.0 Å². The third kappa shape index (κ3) is 5.15. The summed E-state index contributed by atoms with van der Waals surface area (Å²) in [6.45, 7) is 0. The number of hydrogen-bond donors (Lipinski definition) is 1. The smallest absolute Gasteiger partial charge is 0.200 e. The van der Waals surface area contributed by atoms with Crippen LogP contribution >= 0.6 is 127 Å². The van der Waals surface area contributed by atoms with E-state index in [4.69, 9.17) is 0 Å². The van der Waals surface area contributed by atoms with Gasteiger partial charge in [0.2, 0.25) is 5.82 Å². The fourth-order valence-electron chi connectivity index (χ4n) is 4.35. The van der Waals surface area contributed by atoms with Crippen LogP contribution in [0.15, 0.2) is 42.2 Å². The second kappa shape index (κ2) is 11.8. The van der Waals surface area contributed by atoms with E-state index in [2.05, 4.69) is 142 Å². The minimum absolute atomic E-state index is 0.0188. The fourth-order valence-corrected chi connectivity index (χ4v) is 7.82. The van der Waals surface area contributed by atoms with E-state index in [0.29, 0.717) is 60.7 Å². The lowest BCUT2D eigenvalue weighted by Gasteiger charge is -2.12. The van der Waals surface area contributed by atoms with Gasteiger partial charge in [-0.3, -0.25) is 0 Å². The molecule has 0 saturated heterocycles. The van der Waals surface area contributed by atoms with Crippen molar-refractivity contribution in [2.45, 2.75) is 0 Å². The van der Waals surface area contributed by atoms with E-state index >= 15 is 8.78 Å². The van der Waals surface area contributed by atoms with Gasteiger partial charge < -0.3 is 9.55 Å². The molecule has 17 heteroatoms. The molecule has 0 unspecified atom stereocenters. The molecular weight excluding hydrogens is 1100 g/mol. The van der Waals surface area contributed by atoms with Crippen molar-refractivity contribution in [3.63, 3.8) is 0 Å². The predicted octanol–water partition coefficient (Wildman–Crippen LogP) is 12.8. The summed E-state index contributed by atoms with van der Waals surface area (Å²) in [5, 5.41) is 0. The maximum Gasteiger partial charge on any atom is 0.200 e. The summed E-state index contributed by atoms with van der Waals surface area (Å²) < 4.78 is 78.8. The summed E-state index contributed by atoms with van der Waals surface area (Å²) in [6.07, 6.45) is 0. The van der Waals surface area contributed by atoms with Crippen LogP contribution in [-0.2, 0) is 0 Å². The Labute approximate surface area is 305 Å². The lowest BCUT2D eigenvalue weighted by Crippen LogP contribution is -2.09. The first-order chi connectivity index (χ1) is 20.2. The second-order valence-corrected chi connectivity index (χ2v) is 15.2. The van der Waals surface area contributed by atoms with Crippen LogP contribution in [0.3, 0.4) is 0 Å². The first-order valence-corrected chi connectivity index (χ1v) is 17.7. The fraction of sp³-hybridized carbons (Fsp3) is 0. The standard InChI is InChI=1S/C26H5Br8F5N4/c27-13-5-1-7-15(29)17(31)9(41-7)3-11-19(33)20(34)12(43(11)26-24(38)22(36)21(35)23(37)25(26)39)4-10-18(32)16(30)8(42-10)2-6(40-5)14(13)28/h1-4,40H. The van der Waals surface area contributed by atoms with Crippen LogP contribution in [0.4, 0.5) is 22.0 Å². The zero-order valence-electron chi connectivity index (χ0n) is 20.1. The highest BCUT2D eigenvalue weighted by molar-refractivity contribution is 9.18. The van der Waals surface area contributed by atoms with Gasteiger partial charge >= 0.3 is 0 Å². The molecule has 0 spiro atoms. The molecule has 4 nitrogen and oxygen atoms in total. The molecule has 4 aromatic rings. The molecule has 2 aliphatic heterocycles. The summed E-state index contributed by atoms with van der Waals surface area (Å²) in [5.74, 6) is -10.5. The number of aromatic nitrogens is 4. The Bertz CT molecular complexity index is 2040. The van der Waals surface area contributed by atoms with Crippen molar-refractivity contribution in [3.05, 3.63) is 94.0 Å². The van der Waals surface area contributed by atoms with Crippen molar-refractivity contribution in [2.75, 3.05) is 0 Å². The van der Waals surface area contributed by atoms with E-state index in [-0.39, 0.29) is 20.0 Å². The summed E-state index contributed by atoms with van der Waals surface area (Å²) in [7, 11) is 0. The molecule has 0 radical (unpaired) electrons. The van der Waals surface area contributed by atoms with E-state index in [1.165, 1.54) is 12.1 Å². The van der Waals surface area contributed by atoms with Gasteiger partial charge in [0.05, 0.1) is 80.7 Å².